The van der Waals surface area contributed by atoms with E-state index in [-0.39, 0.29) is 0 Å². The van der Waals surface area contributed by atoms with Gasteiger partial charge in [0.2, 0.25) is 0 Å². The van der Waals surface area contributed by atoms with Crippen molar-refractivity contribution in [2.45, 2.75) is 27.7 Å². The first-order chi connectivity index (χ1) is 5.54. The van der Waals surface area contributed by atoms with Gasteiger partial charge in [-0.15, -0.1) is 0 Å². The molecule has 0 heterocycles. The second-order valence-corrected chi connectivity index (χ2v) is 3.60. The Bertz CT molecular complexity index is 185. The molecule has 0 aliphatic rings. The van der Waals surface area contributed by atoms with Crippen molar-refractivity contribution in [3.05, 3.63) is 24.3 Å². The maximum absolute atomic E-state index is 7.51. The van der Waals surface area contributed by atoms with E-state index in [1.54, 1.807) is 0 Å². The average Bonchev–Trinajstić information content (AvgIpc) is 1.97. The van der Waals surface area contributed by atoms with Crippen molar-refractivity contribution >= 4 is 5.71 Å². The minimum absolute atomic E-state index is 0.327. The van der Waals surface area contributed by atoms with Crippen LogP contribution >= 0.6 is 0 Å². The van der Waals surface area contributed by atoms with E-state index in [1.807, 2.05) is 32.1 Å². The highest BCUT2D eigenvalue weighted by Gasteiger charge is 1.94. The molecule has 0 spiro atoms. The second kappa shape index (κ2) is 5.76. The molecule has 0 fully saturated rings. The summed E-state index contributed by atoms with van der Waals surface area (Å²) < 4.78 is 0. The van der Waals surface area contributed by atoms with Gasteiger partial charge >= 0.3 is 0 Å². The Kier molecular flexibility index (Phi) is 5.35. The molecule has 0 aliphatic carbocycles. The van der Waals surface area contributed by atoms with Crippen molar-refractivity contribution < 1.29 is 0 Å². The van der Waals surface area contributed by atoms with Gasteiger partial charge in [-0.05, 0) is 17.9 Å². The lowest BCUT2D eigenvalue weighted by Gasteiger charge is -1.98. The van der Waals surface area contributed by atoms with E-state index < -0.39 is 0 Å². The molecule has 0 unspecified atom stereocenters. The van der Waals surface area contributed by atoms with Crippen molar-refractivity contribution in [1.82, 2.24) is 0 Å². The minimum atomic E-state index is 0.327. The fraction of sp³-hybridized carbons (Fsp3) is 0.545. The third-order valence-corrected chi connectivity index (χ3v) is 1.50. The molecular formula is C11H19N. The Hall–Kier alpha value is -0.850. The van der Waals surface area contributed by atoms with Gasteiger partial charge in [-0.1, -0.05) is 45.9 Å². The maximum atomic E-state index is 7.51. The van der Waals surface area contributed by atoms with Crippen molar-refractivity contribution in [1.29, 1.82) is 5.41 Å². The molecule has 0 atom stereocenters. The van der Waals surface area contributed by atoms with Gasteiger partial charge < -0.3 is 5.41 Å². The van der Waals surface area contributed by atoms with Crippen LogP contribution in [0.2, 0.25) is 0 Å². The Morgan fingerprint density at radius 1 is 1.08 bits per heavy atom. The number of allylic oxidation sites excluding steroid dienone is 4. The molecule has 0 rings (SSSR count). The van der Waals surface area contributed by atoms with Crippen LogP contribution in [0, 0.1) is 17.2 Å². The summed E-state index contributed by atoms with van der Waals surface area (Å²) in [6, 6.07) is 0. The highest BCUT2D eigenvalue weighted by atomic mass is 14.4. The van der Waals surface area contributed by atoms with Gasteiger partial charge in [0, 0.05) is 5.71 Å². The molecule has 1 N–H and O–H groups in total. The predicted octanol–water partition coefficient (Wildman–Crippen LogP) is 3.43. The van der Waals surface area contributed by atoms with Crippen LogP contribution in [0.25, 0.3) is 0 Å². The van der Waals surface area contributed by atoms with E-state index in [0.29, 0.717) is 17.5 Å². The standard InChI is InChI=1S/C11H19N/c1-9(2)7-5-6-8-11(12)10(3)4/h5-10,12H,1-4H3/b7-5-,8-6-,12-11?. The van der Waals surface area contributed by atoms with Crippen LogP contribution in [0.5, 0.6) is 0 Å². The van der Waals surface area contributed by atoms with E-state index in [0.717, 1.165) is 0 Å². The van der Waals surface area contributed by atoms with E-state index in [9.17, 15) is 0 Å². The summed E-state index contributed by atoms with van der Waals surface area (Å²) >= 11 is 0. The van der Waals surface area contributed by atoms with Crippen LogP contribution in [0.1, 0.15) is 27.7 Å². The highest BCUT2D eigenvalue weighted by Crippen LogP contribution is 1.97. The maximum Gasteiger partial charge on any atom is 0.0339 e. The number of hydrogen-bond donors (Lipinski definition) is 1. The van der Waals surface area contributed by atoms with Gasteiger partial charge in [-0.3, -0.25) is 0 Å². The van der Waals surface area contributed by atoms with Crippen molar-refractivity contribution in [3.8, 4) is 0 Å². The van der Waals surface area contributed by atoms with Gasteiger partial charge in [0.15, 0.2) is 0 Å². The zero-order valence-electron chi connectivity index (χ0n) is 8.46. The van der Waals surface area contributed by atoms with Gasteiger partial charge in [-0.2, -0.15) is 0 Å². The third-order valence-electron chi connectivity index (χ3n) is 1.50. The van der Waals surface area contributed by atoms with Gasteiger partial charge in [-0.25, -0.2) is 0 Å². The third kappa shape index (κ3) is 5.90. The molecule has 68 valence electrons. The number of hydrogen-bond acceptors (Lipinski definition) is 1. The Labute approximate surface area is 75.7 Å². The van der Waals surface area contributed by atoms with Gasteiger partial charge in [0.1, 0.15) is 0 Å². The fourth-order valence-corrected chi connectivity index (χ4v) is 0.638. The monoisotopic (exact) mass is 165 g/mol. The van der Waals surface area contributed by atoms with Gasteiger partial charge in [0.25, 0.3) is 0 Å². The summed E-state index contributed by atoms with van der Waals surface area (Å²) in [6.45, 7) is 8.33. The normalized spacial score (nSPS) is 12.5. The molecule has 0 amide bonds. The first kappa shape index (κ1) is 11.2. The molecular weight excluding hydrogens is 146 g/mol. The molecule has 0 aromatic carbocycles. The molecule has 12 heavy (non-hydrogen) atoms. The predicted molar refractivity (Wildman–Crippen MR) is 55.7 cm³/mol. The number of nitrogens with one attached hydrogen (secondary N) is 1. The molecule has 0 saturated carbocycles. The lowest BCUT2D eigenvalue weighted by atomic mass is 10.1. The Balaban J connectivity index is 3.84. The largest absolute Gasteiger partial charge is 0.305 e. The first-order valence-corrected chi connectivity index (χ1v) is 4.47. The van der Waals surface area contributed by atoms with E-state index in [2.05, 4.69) is 19.9 Å². The summed E-state index contributed by atoms with van der Waals surface area (Å²) in [5.41, 5.74) is 0.684. The van der Waals surface area contributed by atoms with Gasteiger partial charge in [0.05, 0.1) is 0 Å². The van der Waals surface area contributed by atoms with Crippen LogP contribution in [0.3, 0.4) is 0 Å². The SMILES string of the molecule is CC(C)/C=C\C=C/C(=N)C(C)C. The molecule has 0 saturated heterocycles. The zero-order valence-corrected chi connectivity index (χ0v) is 8.46. The fourth-order valence-electron chi connectivity index (χ4n) is 0.638. The molecule has 1 heteroatoms. The van der Waals surface area contributed by atoms with Crippen LogP contribution in [0.4, 0.5) is 0 Å². The summed E-state index contributed by atoms with van der Waals surface area (Å²) in [5, 5.41) is 7.51. The summed E-state index contributed by atoms with van der Waals surface area (Å²) in [5.74, 6) is 0.914. The Morgan fingerprint density at radius 2 is 1.67 bits per heavy atom. The molecule has 0 aromatic heterocycles. The van der Waals surface area contributed by atoms with Crippen LogP contribution in [-0.2, 0) is 0 Å². The lowest BCUT2D eigenvalue weighted by molar-refractivity contribution is 0.832. The molecule has 0 radical (unpaired) electrons. The average molecular weight is 165 g/mol. The van der Waals surface area contributed by atoms with Crippen molar-refractivity contribution in [2.24, 2.45) is 11.8 Å². The summed E-state index contributed by atoms with van der Waals surface area (Å²) in [6.07, 6.45) is 7.90. The van der Waals surface area contributed by atoms with Crippen LogP contribution in [-0.4, -0.2) is 5.71 Å². The lowest BCUT2D eigenvalue weighted by Crippen LogP contribution is -2.00. The smallest absolute Gasteiger partial charge is 0.0339 e. The van der Waals surface area contributed by atoms with E-state index in [1.165, 1.54) is 0 Å². The summed E-state index contributed by atoms with van der Waals surface area (Å²) in [4.78, 5) is 0. The zero-order chi connectivity index (χ0) is 9.56. The van der Waals surface area contributed by atoms with Crippen LogP contribution < -0.4 is 0 Å². The van der Waals surface area contributed by atoms with Crippen molar-refractivity contribution in [2.75, 3.05) is 0 Å². The second-order valence-electron chi connectivity index (χ2n) is 3.60. The van der Waals surface area contributed by atoms with E-state index >= 15 is 0 Å². The molecule has 0 aromatic rings. The Morgan fingerprint density at radius 3 is 2.08 bits per heavy atom. The molecule has 0 bridgehead atoms. The van der Waals surface area contributed by atoms with E-state index in [4.69, 9.17) is 5.41 Å². The minimum Gasteiger partial charge on any atom is -0.305 e. The topological polar surface area (TPSA) is 23.9 Å². The highest BCUT2D eigenvalue weighted by molar-refractivity contribution is 5.93. The molecule has 1 nitrogen and oxygen atoms in total. The quantitative estimate of drug-likeness (QED) is 0.487. The first-order valence-electron chi connectivity index (χ1n) is 4.47. The van der Waals surface area contributed by atoms with Crippen molar-refractivity contribution in [3.63, 3.8) is 0 Å². The molecule has 0 aliphatic heterocycles. The number of rotatable bonds is 4. The summed E-state index contributed by atoms with van der Waals surface area (Å²) in [7, 11) is 0. The van der Waals surface area contributed by atoms with Crippen LogP contribution in [0.15, 0.2) is 24.3 Å².